The second-order valence-corrected chi connectivity index (χ2v) is 5.28. The fraction of sp³-hybridized carbons (Fsp3) is 0.250. The normalized spacial score (nSPS) is 11.1. The Balaban J connectivity index is 2.09. The van der Waals surface area contributed by atoms with Crippen LogP contribution in [0, 0.1) is 6.92 Å². The van der Waals surface area contributed by atoms with Gasteiger partial charge in [0.2, 0.25) is 0 Å². The molecule has 2 aromatic heterocycles. The van der Waals surface area contributed by atoms with Gasteiger partial charge in [0.25, 0.3) is 0 Å². The highest BCUT2D eigenvalue weighted by Gasteiger charge is 2.10. The molecule has 2 heterocycles. The van der Waals surface area contributed by atoms with Crippen LogP contribution in [0.3, 0.4) is 0 Å². The lowest BCUT2D eigenvalue weighted by atomic mass is 10.2. The summed E-state index contributed by atoms with van der Waals surface area (Å²) in [4.78, 5) is 8.89. The molecule has 0 radical (unpaired) electrons. The minimum Gasteiger partial charge on any atom is -0.323 e. The maximum Gasteiger partial charge on any atom is 0.111 e. The SMILES string of the molecule is Cc1ccc2c(c1)nc(CCCl)n2Cc1cccnc1. The molecule has 0 aliphatic carbocycles. The molecule has 0 N–H and O–H groups in total. The lowest BCUT2D eigenvalue weighted by Crippen LogP contribution is -2.06. The average molecular weight is 286 g/mol. The zero-order valence-electron chi connectivity index (χ0n) is 11.4. The first-order valence-electron chi connectivity index (χ1n) is 6.68. The van der Waals surface area contributed by atoms with Crippen molar-refractivity contribution in [1.82, 2.24) is 14.5 Å². The number of alkyl halides is 1. The molecule has 0 saturated carbocycles. The predicted octanol–water partition coefficient (Wildman–Crippen LogP) is 3.57. The van der Waals surface area contributed by atoms with Crippen molar-refractivity contribution in [2.45, 2.75) is 19.9 Å². The number of aryl methyl sites for hydroxylation is 2. The fourth-order valence-electron chi connectivity index (χ4n) is 2.42. The second-order valence-electron chi connectivity index (χ2n) is 4.91. The van der Waals surface area contributed by atoms with Gasteiger partial charge >= 0.3 is 0 Å². The molecule has 0 aliphatic heterocycles. The maximum atomic E-state index is 5.90. The van der Waals surface area contributed by atoms with E-state index in [1.54, 1.807) is 6.20 Å². The van der Waals surface area contributed by atoms with Crippen molar-refractivity contribution in [1.29, 1.82) is 0 Å². The third-order valence-electron chi connectivity index (χ3n) is 3.36. The number of pyridine rings is 1. The van der Waals surface area contributed by atoms with Crippen LogP contribution in [0.2, 0.25) is 0 Å². The highest BCUT2D eigenvalue weighted by Crippen LogP contribution is 2.20. The zero-order valence-corrected chi connectivity index (χ0v) is 12.1. The van der Waals surface area contributed by atoms with Gasteiger partial charge in [-0.05, 0) is 36.2 Å². The first-order valence-corrected chi connectivity index (χ1v) is 7.22. The van der Waals surface area contributed by atoms with Crippen LogP contribution in [0.1, 0.15) is 17.0 Å². The quantitative estimate of drug-likeness (QED) is 0.686. The summed E-state index contributed by atoms with van der Waals surface area (Å²) in [6, 6.07) is 10.4. The van der Waals surface area contributed by atoms with Gasteiger partial charge < -0.3 is 4.57 Å². The molecule has 0 bridgehead atoms. The molecule has 1 aromatic carbocycles. The van der Waals surface area contributed by atoms with E-state index in [1.807, 2.05) is 12.3 Å². The topological polar surface area (TPSA) is 30.7 Å². The van der Waals surface area contributed by atoms with E-state index in [0.29, 0.717) is 5.88 Å². The Morgan fingerprint density at radius 2 is 2.15 bits per heavy atom. The number of fused-ring (bicyclic) bond motifs is 1. The smallest absolute Gasteiger partial charge is 0.111 e. The Labute approximate surface area is 123 Å². The molecule has 0 atom stereocenters. The summed E-state index contributed by atoms with van der Waals surface area (Å²) in [5.74, 6) is 1.61. The van der Waals surface area contributed by atoms with Crippen molar-refractivity contribution < 1.29 is 0 Å². The fourth-order valence-corrected chi connectivity index (χ4v) is 2.58. The van der Waals surface area contributed by atoms with Crippen LogP contribution >= 0.6 is 11.6 Å². The monoisotopic (exact) mass is 285 g/mol. The van der Waals surface area contributed by atoms with E-state index < -0.39 is 0 Å². The Kier molecular flexibility index (Phi) is 3.70. The minimum absolute atomic E-state index is 0.579. The van der Waals surface area contributed by atoms with Gasteiger partial charge in [-0.1, -0.05) is 12.1 Å². The van der Waals surface area contributed by atoms with E-state index in [2.05, 4.69) is 40.7 Å². The minimum atomic E-state index is 0.579. The number of halogens is 1. The molecule has 4 heteroatoms. The van der Waals surface area contributed by atoms with Gasteiger partial charge in [0, 0.05) is 24.7 Å². The number of imidazole rings is 1. The third-order valence-corrected chi connectivity index (χ3v) is 3.55. The molecule has 0 aliphatic rings. The summed E-state index contributed by atoms with van der Waals surface area (Å²) >= 11 is 5.90. The lowest BCUT2D eigenvalue weighted by Gasteiger charge is -2.08. The molecule has 0 fully saturated rings. The van der Waals surface area contributed by atoms with Crippen LogP contribution < -0.4 is 0 Å². The van der Waals surface area contributed by atoms with Crippen molar-refractivity contribution in [3.05, 3.63) is 59.7 Å². The molecular weight excluding hydrogens is 270 g/mol. The van der Waals surface area contributed by atoms with E-state index in [-0.39, 0.29) is 0 Å². The molecule has 0 unspecified atom stereocenters. The standard InChI is InChI=1S/C16H16ClN3/c1-12-4-5-15-14(9-12)19-16(6-7-17)20(15)11-13-3-2-8-18-10-13/h2-5,8-10H,6-7,11H2,1H3. The molecule has 0 saturated heterocycles. The van der Waals surface area contributed by atoms with Crippen molar-refractivity contribution in [3.63, 3.8) is 0 Å². The van der Waals surface area contributed by atoms with Gasteiger partial charge in [-0.2, -0.15) is 0 Å². The lowest BCUT2D eigenvalue weighted by molar-refractivity contribution is 0.752. The highest BCUT2D eigenvalue weighted by atomic mass is 35.5. The number of rotatable bonds is 4. The Morgan fingerprint density at radius 1 is 1.25 bits per heavy atom. The third kappa shape index (κ3) is 2.54. The van der Waals surface area contributed by atoms with Crippen LogP contribution in [0.15, 0.2) is 42.7 Å². The van der Waals surface area contributed by atoms with Crippen LogP contribution in [-0.2, 0) is 13.0 Å². The largest absolute Gasteiger partial charge is 0.323 e. The van der Waals surface area contributed by atoms with Gasteiger partial charge in [-0.25, -0.2) is 4.98 Å². The summed E-state index contributed by atoms with van der Waals surface area (Å²) < 4.78 is 2.23. The molecular formula is C16H16ClN3. The molecule has 0 amide bonds. The van der Waals surface area contributed by atoms with E-state index in [0.717, 1.165) is 29.8 Å². The Hall–Kier alpha value is -1.87. The predicted molar refractivity (Wildman–Crippen MR) is 82.2 cm³/mol. The van der Waals surface area contributed by atoms with Crippen LogP contribution in [0.4, 0.5) is 0 Å². The van der Waals surface area contributed by atoms with Gasteiger partial charge in [-0.3, -0.25) is 4.98 Å². The Bertz CT molecular complexity index is 719. The summed E-state index contributed by atoms with van der Waals surface area (Å²) in [5, 5.41) is 0. The molecule has 3 aromatic rings. The molecule has 0 spiro atoms. The van der Waals surface area contributed by atoms with Gasteiger partial charge in [0.15, 0.2) is 0 Å². The molecule has 20 heavy (non-hydrogen) atoms. The first-order chi connectivity index (χ1) is 9.78. The van der Waals surface area contributed by atoms with Crippen LogP contribution in [0.25, 0.3) is 11.0 Å². The average Bonchev–Trinajstić information content (AvgIpc) is 2.77. The highest BCUT2D eigenvalue weighted by molar-refractivity contribution is 6.17. The van der Waals surface area contributed by atoms with Crippen LogP contribution in [-0.4, -0.2) is 20.4 Å². The van der Waals surface area contributed by atoms with Gasteiger partial charge in [0.1, 0.15) is 5.82 Å². The van der Waals surface area contributed by atoms with E-state index >= 15 is 0 Å². The number of hydrogen-bond acceptors (Lipinski definition) is 2. The van der Waals surface area contributed by atoms with Crippen molar-refractivity contribution >= 4 is 22.6 Å². The number of hydrogen-bond donors (Lipinski definition) is 0. The van der Waals surface area contributed by atoms with Crippen molar-refractivity contribution in [3.8, 4) is 0 Å². The maximum absolute atomic E-state index is 5.90. The summed E-state index contributed by atoms with van der Waals surface area (Å²) in [5.41, 5.74) is 4.58. The second kappa shape index (κ2) is 5.63. The number of benzene rings is 1. The van der Waals surface area contributed by atoms with E-state index in [4.69, 9.17) is 16.6 Å². The van der Waals surface area contributed by atoms with E-state index in [1.165, 1.54) is 11.1 Å². The van der Waals surface area contributed by atoms with Gasteiger partial charge in [0.05, 0.1) is 17.6 Å². The molecule has 3 nitrogen and oxygen atoms in total. The zero-order chi connectivity index (χ0) is 13.9. The number of nitrogens with zero attached hydrogens (tertiary/aromatic N) is 3. The van der Waals surface area contributed by atoms with Gasteiger partial charge in [-0.15, -0.1) is 11.6 Å². The summed E-state index contributed by atoms with van der Waals surface area (Å²) in [7, 11) is 0. The Morgan fingerprint density at radius 3 is 2.90 bits per heavy atom. The van der Waals surface area contributed by atoms with Crippen molar-refractivity contribution in [2.75, 3.05) is 5.88 Å². The molecule has 3 rings (SSSR count). The van der Waals surface area contributed by atoms with E-state index in [9.17, 15) is 0 Å². The molecule has 102 valence electrons. The summed E-state index contributed by atoms with van der Waals surface area (Å²) in [6.45, 7) is 2.86. The summed E-state index contributed by atoms with van der Waals surface area (Å²) in [6.07, 6.45) is 4.46. The van der Waals surface area contributed by atoms with Crippen molar-refractivity contribution in [2.24, 2.45) is 0 Å². The van der Waals surface area contributed by atoms with Crippen LogP contribution in [0.5, 0.6) is 0 Å². The first kappa shape index (κ1) is 13.1. The number of aromatic nitrogens is 3.